The number of carbonyl (C=O) groups is 1. The van der Waals surface area contributed by atoms with Crippen LogP contribution in [-0.4, -0.2) is 31.1 Å². The molecule has 7 nitrogen and oxygen atoms in total. The lowest BCUT2D eigenvalue weighted by atomic mass is 9.98. The van der Waals surface area contributed by atoms with Crippen molar-refractivity contribution in [1.82, 2.24) is 15.5 Å². The predicted molar refractivity (Wildman–Crippen MR) is 71.0 cm³/mol. The first-order chi connectivity index (χ1) is 8.64. The van der Waals surface area contributed by atoms with E-state index in [0.29, 0.717) is 12.5 Å². The van der Waals surface area contributed by atoms with Crippen molar-refractivity contribution in [3.05, 3.63) is 11.4 Å². The third-order valence-corrected chi connectivity index (χ3v) is 4.18. The Morgan fingerprint density at radius 3 is 2.47 bits per heavy atom. The highest BCUT2D eigenvalue weighted by Crippen LogP contribution is 2.16. The summed E-state index contributed by atoms with van der Waals surface area (Å²) in [5, 5.41) is 13.9. The maximum Gasteiger partial charge on any atom is 0.273 e. The van der Waals surface area contributed by atoms with E-state index in [0.717, 1.165) is 0 Å². The van der Waals surface area contributed by atoms with Gasteiger partial charge in [0.2, 0.25) is 10.0 Å². The van der Waals surface area contributed by atoms with Crippen molar-refractivity contribution in [3.8, 4) is 0 Å². The summed E-state index contributed by atoms with van der Waals surface area (Å²) in [4.78, 5) is 11.7. The lowest BCUT2D eigenvalue weighted by molar-refractivity contribution is 0.0936. The predicted octanol–water partition coefficient (Wildman–Crippen LogP) is 0.387. The summed E-state index contributed by atoms with van der Waals surface area (Å²) in [7, 11) is -3.98. The molecule has 8 heteroatoms. The summed E-state index contributed by atoms with van der Waals surface area (Å²) in [5.41, 5.74) is 0.0699. The van der Waals surface area contributed by atoms with Gasteiger partial charge >= 0.3 is 0 Å². The van der Waals surface area contributed by atoms with Crippen molar-refractivity contribution >= 4 is 15.9 Å². The number of carbonyl (C=O) groups excluding carboxylic acids is 1. The van der Waals surface area contributed by atoms with Gasteiger partial charge in [0.15, 0.2) is 5.69 Å². The second-order valence-corrected chi connectivity index (χ2v) is 6.50. The summed E-state index contributed by atoms with van der Waals surface area (Å²) in [6.07, 6.45) is 0. The van der Waals surface area contributed by atoms with Crippen LogP contribution in [0.2, 0.25) is 0 Å². The van der Waals surface area contributed by atoms with Gasteiger partial charge in [-0.2, -0.15) is 5.10 Å². The summed E-state index contributed by atoms with van der Waals surface area (Å²) in [6.45, 7) is 8.05. The quantitative estimate of drug-likeness (QED) is 0.726. The molecule has 4 N–H and O–H groups in total. The fraction of sp³-hybridized carbons (Fsp3) is 0.636. The van der Waals surface area contributed by atoms with Crippen molar-refractivity contribution in [2.45, 2.75) is 32.6 Å². The number of amides is 1. The van der Waals surface area contributed by atoms with Gasteiger partial charge in [0.1, 0.15) is 4.90 Å². The Balaban J connectivity index is 2.91. The van der Waals surface area contributed by atoms with Gasteiger partial charge in [-0.15, -0.1) is 0 Å². The van der Waals surface area contributed by atoms with Crippen LogP contribution in [0.3, 0.4) is 0 Å². The molecule has 0 aromatic carbocycles. The third kappa shape index (κ3) is 3.77. The van der Waals surface area contributed by atoms with E-state index in [2.05, 4.69) is 15.5 Å². The smallest absolute Gasteiger partial charge is 0.273 e. The zero-order valence-electron chi connectivity index (χ0n) is 11.5. The van der Waals surface area contributed by atoms with Crippen molar-refractivity contribution in [2.75, 3.05) is 6.54 Å². The van der Waals surface area contributed by atoms with Crippen LogP contribution in [0, 0.1) is 18.8 Å². The van der Waals surface area contributed by atoms with E-state index in [-0.39, 0.29) is 22.2 Å². The maximum absolute atomic E-state index is 11.9. The first-order valence-corrected chi connectivity index (χ1v) is 7.55. The number of aromatic nitrogens is 2. The minimum absolute atomic E-state index is 0.184. The zero-order valence-corrected chi connectivity index (χ0v) is 12.3. The highest BCUT2D eigenvalue weighted by Gasteiger charge is 2.25. The van der Waals surface area contributed by atoms with E-state index in [4.69, 9.17) is 5.14 Å². The van der Waals surface area contributed by atoms with E-state index in [1.165, 1.54) is 6.92 Å². The van der Waals surface area contributed by atoms with E-state index in [1.807, 2.05) is 20.8 Å². The van der Waals surface area contributed by atoms with Gasteiger partial charge < -0.3 is 5.32 Å². The maximum atomic E-state index is 11.9. The largest absolute Gasteiger partial charge is 0.350 e. The molecule has 1 aromatic rings. The molecule has 1 rings (SSSR count). The molecule has 1 heterocycles. The molecule has 0 aliphatic rings. The number of primary sulfonamides is 1. The Bertz CT molecular complexity index is 562. The van der Waals surface area contributed by atoms with E-state index < -0.39 is 15.9 Å². The Morgan fingerprint density at radius 2 is 2.00 bits per heavy atom. The average Bonchev–Trinajstić information content (AvgIpc) is 2.66. The third-order valence-electron chi connectivity index (χ3n) is 3.11. The van der Waals surface area contributed by atoms with Crippen LogP contribution >= 0.6 is 0 Å². The summed E-state index contributed by atoms with van der Waals surface area (Å²) >= 11 is 0. The fourth-order valence-corrected chi connectivity index (χ4v) is 2.37. The first kappa shape index (κ1) is 15.6. The summed E-state index contributed by atoms with van der Waals surface area (Å²) in [5.74, 6) is 0.154. The van der Waals surface area contributed by atoms with Crippen LogP contribution in [0.1, 0.15) is 37.0 Å². The van der Waals surface area contributed by atoms with Gasteiger partial charge in [0.25, 0.3) is 5.91 Å². The second kappa shape index (κ2) is 5.70. The Labute approximate surface area is 113 Å². The molecule has 1 aromatic heterocycles. The van der Waals surface area contributed by atoms with Crippen LogP contribution in [-0.2, 0) is 10.0 Å². The van der Waals surface area contributed by atoms with E-state index >= 15 is 0 Å². The monoisotopic (exact) mass is 288 g/mol. The molecule has 1 atom stereocenters. The van der Waals surface area contributed by atoms with Gasteiger partial charge in [-0.1, -0.05) is 20.8 Å². The topological polar surface area (TPSA) is 118 Å². The normalized spacial score (nSPS) is 13.6. The van der Waals surface area contributed by atoms with Gasteiger partial charge in [0.05, 0.1) is 5.69 Å². The number of hydrogen-bond donors (Lipinski definition) is 3. The van der Waals surface area contributed by atoms with Gasteiger partial charge in [-0.25, -0.2) is 13.6 Å². The van der Waals surface area contributed by atoms with Crippen LogP contribution < -0.4 is 10.5 Å². The number of aromatic amines is 1. The van der Waals surface area contributed by atoms with E-state index in [9.17, 15) is 13.2 Å². The van der Waals surface area contributed by atoms with Gasteiger partial charge in [0, 0.05) is 6.54 Å². The van der Waals surface area contributed by atoms with Crippen molar-refractivity contribution in [3.63, 3.8) is 0 Å². The van der Waals surface area contributed by atoms with Crippen molar-refractivity contribution in [1.29, 1.82) is 0 Å². The van der Waals surface area contributed by atoms with Crippen molar-refractivity contribution < 1.29 is 13.2 Å². The molecule has 0 bridgehead atoms. The summed E-state index contributed by atoms with van der Waals surface area (Å²) in [6, 6.07) is 0. The number of sulfonamides is 1. The van der Waals surface area contributed by atoms with Crippen LogP contribution in [0.5, 0.6) is 0 Å². The minimum Gasteiger partial charge on any atom is -0.350 e. The number of nitrogens with two attached hydrogens (primary N) is 1. The molecule has 0 radical (unpaired) electrons. The molecular formula is C11H20N4O3S. The Kier molecular flexibility index (Phi) is 4.70. The average molecular weight is 288 g/mol. The molecule has 1 amide bonds. The van der Waals surface area contributed by atoms with Crippen LogP contribution in [0.25, 0.3) is 0 Å². The number of nitrogens with zero attached hydrogens (tertiary/aromatic N) is 1. The highest BCUT2D eigenvalue weighted by atomic mass is 32.2. The standard InChI is InChI=1S/C11H20N4O3S/c1-6(2)7(3)5-13-11(16)9-10(19(12,17)18)8(4)14-15-9/h6-7H,5H2,1-4H3,(H,13,16)(H,14,15)(H2,12,17,18). The van der Waals surface area contributed by atoms with Crippen LogP contribution in [0.15, 0.2) is 4.90 Å². The van der Waals surface area contributed by atoms with Crippen LogP contribution in [0.4, 0.5) is 0 Å². The number of hydrogen-bond acceptors (Lipinski definition) is 4. The van der Waals surface area contributed by atoms with Gasteiger partial charge in [-0.05, 0) is 18.8 Å². The lowest BCUT2D eigenvalue weighted by Gasteiger charge is -2.15. The first-order valence-electron chi connectivity index (χ1n) is 6.00. The molecule has 0 saturated carbocycles. The SMILES string of the molecule is Cc1[nH]nc(C(=O)NCC(C)C(C)C)c1S(N)(=O)=O. The Hall–Kier alpha value is -1.41. The van der Waals surface area contributed by atoms with Gasteiger partial charge in [-0.3, -0.25) is 9.89 Å². The molecule has 108 valence electrons. The number of aryl methyl sites for hydroxylation is 1. The summed E-state index contributed by atoms with van der Waals surface area (Å²) < 4.78 is 22.8. The Morgan fingerprint density at radius 1 is 1.42 bits per heavy atom. The molecule has 0 aliphatic heterocycles. The lowest BCUT2D eigenvalue weighted by Crippen LogP contribution is -2.31. The minimum atomic E-state index is -3.98. The molecule has 19 heavy (non-hydrogen) atoms. The molecule has 0 saturated heterocycles. The second-order valence-electron chi connectivity index (χ2n) is 5.00. The number of rotatable bonds is 5. The van der Waals surface area contributed by atoms with Crippen molar-refractivity contribution in [2.24, 2.45) is 17.0 Å². The molecule has 0 fully saturated rings. The molecule has 0 aliphatic carbocycles. The zero-order chi connectivity index (χ0) is 14.8. The number of nitrogens with one attached hydrogen (secondary N) is 2. The molecular weight excluding hydrogens is 268 g/mol. The molecule has 0 spiro atoms. The van der Waals surface area contributed by atoms with E-state index in [1.54, 1.807) is 0 Å². The number of H-pyrrole nitrogens is 1. The molecule has 1 unspecified atom stereocenters. The fourth-order valence-electron chi connectivity index (χ4n) is 1.49. The highest BCUT2D eigenvalue weighted by molar-refractivity contribution is 7.89.